The van der Waals surface area contributed by atoms with E-state index in [0.29, 0.717) is 17.9 Å². The second kappa shape index (κ2) is 13.4. The highest BCUT2D eigenvalue weighted by atomic mass is 79.9. The van der Waals surface area contributed by atoms with Gasteiger partial charge in [0.2, 0.25) is 11.8 Å². The van der Waals surface area contributed by atoms with E-state index in [9.17, 15) is 14.4 Å². The Balaban J connectivity index is 1.06. The molecule has 0 N–H and O–H groups in total. The van der Waals surface area contributed by atoms with Gasteiger partial charge in [-0.15, -0.1) is 0 Å². The minimum Gasteiger partial charge on any atom is -0.462 e. The summed E-state index contributed by atoms with van der Waals surface area (Å²) in [6, 6.07) is 23.0. The van der Waals surface area contributed by atoms with Gasteiger partial charge in [0.15, 0.2) is 0 Å². The number of alkyl halides is 1. The van der Waals surface area contributed by atoms with Crippen LogP contribution in [0.15, 0.2) is 72.8 Å². The molecule has 230 valence electrons. The molecule has 3 aromatic rings. The Morgan fingerprint density at radius 2 is 1.25 bits per heavy atom. The van der Waals surface area contributed by atoms with E-state index in [2.05, 4.69) is 47.1 Å². The molecular formula is C38H42BrNO4. The topological polar surface area (TPSA) is 63.7 Å². The number of hydrogen-bond donors (Lipinski definition) is 0. The lowest BCUT2D eigenvalue weighted by Crippen LogP contribution is -2.50. The number of anilines is 1. The minimum atomic E-state index is -0.779. The number of ether oxygens (including phenoxy) is 1. The maximum absolute atomic E-state index is 14.1. The summed E-state index contributed by atoms with van der Waals surface area (Å²) in [5.74, 6) is -2.01. The van der Waals surface area contributed by atoms with Crippen molar-refractivity contribution in [1.29, 1.82) is 0 Å². The first-order valence-corrected chi connectivity index (χ1v) is 17.3. The minimum absolute atomic E-state index is 0.182. The molecule has 7 rings (SSSR count). The molecule has 5 nitrogen and oxygen atoms in total. The standard InChI is InChI=1S/C38H42BrNO4/c1-2-3-4-5-6-7-8-9-10-11-16-25-44-37(43)26-21-23-27(24-22-26)40-35(41)33-32-28-17-12-14-19-30(28)38(39,34(33)36(40)42)31-20-15-13-18-29(31)32/h12-15,17-24,32-34H,2-11,16,25H2,1H3/t32?,33-,34-,38?/m0/s1. The van der Waals surface area contributed by atoms with Gasteiger partial charge in [0.05, 0.1) is 34.0 Å². The van der Waals surface area contributed by atoms with Gasteiger partial charge in [-0.05, 0) is 52.9 Å². The Morgan fingerprint density at radius 1 is 0.727 bits per heavy atom. The molecule has 0 unspecified atom stereocenters. The smallest absolute Gasteiger partial charge is 0.338 e. The van der Waals surface area contributed by atoms with Gasteiger partial charge in [0.25, 0.3) is 0 Å². The number of rotatable bonds is 14. The molecule has 1 aliphatic heterocycles. The van der Waals surface area contributed by atoms with Gasteiger partial charge in [0, 0.05) is 5.92 Å². The summed E-state index contributed by atoms with van der Waals surface area (Å²) in [4.78, 5) is 42.2. The summed E-state index contributed by atoms with van der Waals surface area (Å²) in [6.07, 6.45) is 13.7. The highest BCUT2D eigenvalue weighted by molar-refractivity contribution is 9.09. The summed E-state index contributed by atoms with van der Waals surface area (Å²) < 4.78 is 4.75. The van der Waals surface area contributed by atoms with Crippen molar-refractivity contribution < 1.29 is 19.1 Å². The summed E-state index contributed by atoms with van der Waals surface area (Å²) in [5, 5.41) is 0. The zero-order valence-corrected chi connectivity index (χ0v) is 27.2. The molecule has 2 bridgehead atoms. The monoisotopic (exact) mass is 655 g/mol. The van der Waals surface area contributed by atoms with E-state index in [1.807, 2.05) is 24.3 Å². The largest absolute Gasteiger partial charge is 0.462 e. The van der Waals surface area contributed by atoms with Crippen molar-refractivity contribution in [3.05, 3.63) is 101 Å². The van der Waals surface area contributed by atoms with E-state index in [-0.39, 0.29) is 23.7 Å². The van der Waals surface area contributed by atoms with E-state index >= 15 is 0 Å². The maximum Gasteiger partial charge on any atom is 0.338 e. The fourth-order valence-corrected chi connectivity index (χ4v) is 8.90. The van der Waals surface area contributed by atoms with Crippen molar-refractivity contribution in [2.24, 2.45) is 11.8 Å². The fourth-order valence-electron chi connectivity index (χ4n) is 7.69. The van der Waals surface area contributed by atoms with Gasteiger partial charge in [0.1, 0.15) is 0 Å². The first kappa shape index (κ1) is 30.8. The van der Waals surface area contributed by atoms with E-state index in [1.165, 1.54) is 62.7 Å². The Labute approximate surface area is 269 Å². The quantitative estimate of drug-likeness (QED) is 0.0752. The molecule has 2 atom stereocenters. The molecule has 0 spiro atoms. The van der Waals surface area contributed by atoms with E-state index in [1.54, 1.807) is 24.3 Å². The number of halogens is 1. The molecule has 6 heteroatoms. The van der Waals surface area contributed by atoms with Gasteiger partial charge < -0.3 is 4.74 Å². The van der Waals surface area contributed by atoms with Crippen LogP contribution in [-0.2, 0) is 18.7 Å². The lowest BCUT2D eigenvalue weighted by Gasteiger charge is -2.51. The molecule has 3 aromatic carbocycles. The average molecular weight is 657 g/mol. The third-order valence-electron chi connectivity index (χ3n) is 9.86. The average Bonchev–Trinajstić information content (AvgIpc) is 3.32. The number of hydrogen-bond acceptors (Lipinski definition) is 4. The van der Waals surface area contributed by atoms with Gasteiger partial charge in [-0.2, -0.15) is 0 Å². The third-order valence-corrected chi connectivity index (χ3v) is 11.2. The van der Waals surface area contributed by atoms with Crippen LogP contribution in [0.3, 0.4) is 0 Å². The van der Waals surface area contributed by atoms with Crippen molar-refractivity contribution >= 4 is 39.4 Å². The Morgan fingerprint density at radius 3 is 1.82 bits per heavy atom. The maximum atomic E-state index is 14.1. The van der Waals surface area contributed by atoms with E-state index in [4.69, 9.17) is 4.74 Å². The van der Waals surface area contributed by atoms with Crippen LogP contribution in [0.25, 0.3) is 0 Å². The predicted octanol–water partition coefficient (Wildman–Crippen LogP) is 9.06. The number of carbonyl (C=O) groups is 3. The van der Waals surface area contributed by atoms with Crippen LogP contribution in [-0.4, -0.2) is 24.4 Å². The van der Waals surface area contributed by atoms with Crippen molar-refractivity contribution in [3.63, 3.8) is 0 Å². The summed E-state index contributed by atoms with van der Waals surface area (Å²) in [5.41, 5.74) is 5.23. The number of esters is 1. The molecule has 44 heavy (non-hydrogen) atoms. The van der Waals surface area contributed by atoms with Crippen molar-refractivity contribution in [2.75, 3.05) is 11.5 Å². The number of nitrogens with zero attached hydrogens (tertiary/aromatic N) is 1. The molecule has 0 aromatic heterocycles. The molecule has 1 heterocycles. The second-order valence-corrected chi connectivity index (χ2v) is 13.8. The number of imide groups is 1. The Hall–Kier alpha value is -3.25. The van der Waals surface area contributed by atoms with Crippen LogP contribution in [0.2, 0.25) is 0 Å². The Bertz CT molecular complexity index is 1470. The third kappa shape index (κ3) is 5.44. The van der Waals surface area contributed by atoms with E-state index < -0.39 is 16.2 Å². The molecular weight excluding hydrogens is 614 g/mol. The highest BCUT2D eigenvalue weighted by Crippen LogP contribution is 2.66. The molecule has 1 saturated heterocycles. The fraction of sp³-hybridized carbons (Fsp3) is 0.447. The molecule has 4 aliphatic rings. The molecule has 0 radical (unpaired) electrons. The SMILES string of the molecule is CCCCCCCCCCCCCOC(=O)c1ccc(N2C(=O)[C@@H]3[C@@H](C2=O)C2c4ccccc4C3(Br)c3ccccc32)cc1. The number of benzene rings is 3. The van der Waals surface area contributed by atoms with Crippen LogP contribution < -0.4 is 4.90 Å². The molecule has 2 amide bonds. The van der Waals surface area contributed by atoms with Gasteiger partial charge in [-0.25, -0.2) is 9.69 Å². The highest BCUT2D eigenvalue weighted by Gasteiger charge is 2.67. The van der Waals surface area contributed by atoms with Crippen LogP contribution in [0.5, 0.6) is 0 Å². The lowest BCUT2D eigenvalue weighted by molar-refractivity contribution is -0.122. The van der Waals surface area contributed by atoms with Crippen LogP contribution in [0.1, 0.15) is 116 Å². The normalized spacial score (nSPS) is 23.0. The number of carbonyl (C=O) groups excluding carboxylic acids is 3. The van der Waals surface area contributed by atoms with E-state index in [0.717, 1.165) is 35.1 Å². The van der Waals surface area contributed by atoms with Crippen LogP contribution in [0.4, 0.5) is 5.69 Å². The van der Waals surface area contributed by atoms with Crippen molar-refractivity contribution in [2.45, 2.75) is 87.8 Å². The molecule has 3 aliphatic carbocycles. The van der Waals surface area contributed by atoms with Crippen LogP contribution >= 0.6 is 15.9 Å². The van der Waals surface area contributed by atoms with Crippen molar-refractivity contribution in [1.82, 2.24) is 0 Å². The lowest BCUT2D eigenvalue weighted by atomic mass is 9.55. The molecule has 1 fully saturated rings. The first-order chi connectivity index (χ1) is 21.5. The zero-order chi connectivity index (χ0) is 30.7. The predicted molar refractivity (Wildman–Crippen MR) is 177 cm³/mol. The second-order valence-electron chi connectivity index (χ2n) is 12.6. The Kier molecular flexibility index (Phi) is 9.37. The van der Waals surface area contributed by atoms with Gasteiger partial charge in [-0.3, -0.25) is 9.59 Å². The van der Waals surface area contributed by atoms with Gasteiger partial charge in [-0.1, -0.05) is 136 Å². The summed E-state index contributed by atoms with van der Waals surface area (Å²) in [7, 11) is 0. The zero-order valence-electron chi connectivity index (χ0n) is 25.6. The van der Waals surface area contributed by atoms with Crippen LogP contribution in [0, 0.1) is 11.8 Å². The number of amides is 2. The number of unbranched alkanes of at least 4 members (excludes halogenated alkanes) is 10. The van der Waals surface area contributed by atoms with Crippen molar-refractivity contribution in [3.8, 4) is 0 Å². The summed E-state index contributed by atoms with van der Waals surface area (Å²) in [6.45, 7) is 2.65. The summed E-state index contributed by atoms with van der Waals surface area (Å²) >= 11 is 4.04. The molecule has 0 saturated carbocycles. The first-order valence-electron chi connectivity index (χ1n) is 16.5. The van der Waals surface area contributed by atoms with Gasteiger partial charge >= 0.3 is 5.97 Å².